The van der Waals surface area contributed by atoms with Crippen LogP contribution in [0.4, 0.5) is 0 Å². The van der Waals surface area contributed by atoms with Crippen molar-refractivity contribution in [2.75, 3.05) is 0 Å². The first-order valence-electron chi connectivity index (χ1n) is 9.62. The van der Waals surface area contributed by atoms with Crippen LogP contribution in [0, 0.1) is 0 Å². The molecule has 0 aliphatic carbocycles. The molecule has 0 saturated heterocycles. The van der Waals surface area contributed by atoms with Crippen molar-refractivity contribution in [2.24, 2.45) is 0 Å². The Morgan fingerprint density at radius 1 is 0.682 bits per heavy atom. The predicted octanol–water partition coefficient (Wildman–Crippen LogP) is 7.57. The Labute approximate surface area is 139 Å². The van der Waals surface area contributed by atoms with Gasteiger partial charge in [-0.3, -0.25) is 0 Å². The van der Waals surface area contributed by atoms with Gasteiger partial charge in [-0.05, 0) is 36.8 Å². The number of benzene rings is 1. The monoisotopic (exact) mass is 300 g/mol. The zero-order chi connectivity index (χ0) is 15.9. The third kappa shape index (κ3) is 9.82. The Kier molecular flexibility index (Phi) is 11.8. The first kappa shape index (κ1) is 19.0. The van der Waals surface area contributed by atoms with Crippen LogP contribution >= 0.6 is 0 Å². The number of unbranched alkanes of at least 4 members (excludes halogenated alkanes) is 9. The van der Waals surface area contributed by atoms with Crippen molar-refractivity contribution in [3.05, 3.63) is 41.5 Å². The van der Waals surface area contributed by atoms with Crippen LogP contribution in [0.15, 0.2) is 30.3 Å². The summed E-state index contributed by atoms with van der Waals surface area (Å²) in [4.78, 5) is 0. The van der Waals surface area contributed by atoms with E-state index in [2.05, 4.69) is 50.3 Å². The molecular formula is C22H36. The van der Waals surface area contributed by atoms with Gasteiger partial charge in [0.1, 0.15) is 0 Å². The van der Waals surface area contributed by atoms with Crippen LogP contribution in [0.25, 0.3) is 6.08 Å². The SMILES string of the molecule is CCCCCCC=Cc1ccc(CCCCCCCC)cc1. The van der Waals surface area contributed by atoms with Crippen molar-refractivity contribution < 1.29 is 0 Å². The Hall–Kier alpha value is -1.04. The molecule has 0 aliphatic rings. The molecule has 124 valence electrons. The Bertz CT molecular complexity index is 372. The van der Waals surface area contributed by atoms with Gasteiger partial charge < -0.3 is 0 Å². The molecule has 1 rings (SSSR count). The lowest BCUT2D eigenvalue weighted by atomic mass is 10.0. The van der Waals surface area contributed by atoms with E-state index in [1.807, 2.05) is 0 Å². The maximum absolute atomic E-state index is 2.33. The van der Waals surface area contributed by atoms with Gasteiger partial charge in [-0.25, -0.2) is 0 Å². The maximum Gasteiger partial charge on any atom is -0.0260 e. The van der Waals surface area contributed by atoms with Crippen molar-refractivity contribution in [1.82, 2.24) is 0 Å². The quantitative estimate of drug-likeness (QED) is 0.329. The average molecular weight is 301 g/mol. The van der Waals surface area contributed by atoms with E-state index >= 15 is 0 Å². The van der Waals surface area contributed by atoms with Crippen LogP contribution in [0.3, 0.4) is 0 Å². The molecule has 0 atom stereocenters. The van der Waals surface area contributed by atoms with Crippen molar-refractivity contribution in [2.45, 2.75) is 90.9 Å². The summed E-state index contributed by atoms with van der Waals surface area (Å²) in [6.45, 7) is 4.55. The zero-order valence-corrected chi connectivity index (χ0v) is 14.9. The summed E-state index contributed by atoms with van der Waals surface area (Å²) >= 11 is 0. The number of hydrogen-bond donors (Lipinski definition) is 0. The molecule has 0 nitrogen and oxygen atoms in total. The van der Waals surface area contributed by atoms with Gasteiger partial charge in [0.05, 0.1) is 0 Å². The fourth-order valence-electron chi connectivity index (χ4n) is 2.81. The second-order valence-electron chi connectivity index (χ2n) is 6.51. The first-order chi connectivity index (χ1) is 10.9. The molecular weight excluding hydrogens is 264 g/mol. The van der Waals surface area contributed by atoms with Crippen LogP contribution in [-0.2, 0) is 6.42 Å². The van der Waals surface area contributed by atoms with Crippen LogP contribution in [0.1, 0.15) is 95.6 Å². The van der Waals surface area contributed by atoms with E-state index in [1.165, 1.54) is 88.2 Å². The molecule has 0 bridgehead atoms. The van der Waals surface area contributed by atoms with E-state index < -0.39 is 0 Å². The second-order valence-corrected chi connectivity index (χ2v) is 6.51. The molecule has 1 aromatic rings. The number of rotatable bonds is 13. The molecule has 0 saturated carbocycles. The van der Waals surface area contributed by atoms with Gasteiger partial charge in [0.2, 0.25) is 0 Å². The van der Waals surface area contributed by atoms with Gasteiger partial charge in [-0.1, -0.05) is 102 Å². The minimum absolute atomic E-state index is 1.22. The highest BCUT2D eigenvalue weighted by Gasteiger charge is 1.95. The van der Waals surface area contributed by atoms with Crippen molar-refractivity contribution in [3.8, 4) is 0 Å². The highest BCUT2D eigenvalue weighted by atomic mass is 14.0. The van der Waals surface area contributed by atoms with Crippen molar-refractivity contribution in [1.29, 1.82) is 0 Å². The largest absolute Gasteiger partial charge is 0.0839 e. The first-order valence-corrected chi connectivity index (χ1v) is 9.62. The van der Waals surface area contributed by atoms with Gasteiger partial charge in [0.25, 0.3) is 0 Å². The van der Waals surface area contributed by atoms with Gasteiger partial charge >= 0.3 is 0 Å². The molecule has 0 N–H and O–H groups in total. The molecule has 1 aromatic carbocycles. The van der Waals surface area contributed by atoms with Gasteiger partial charge in [-0.2, -0.15) is 0 Å². The highest BCUT2D eigenvalue weighted by Crippen LogP contribution is 2.12. The molecule has 0 heteroatoms. The molecule has 0 aromatic heterocycles. The third-order valence-electron chi connectivity index (χ3n) is 4.33. The Morgan fingerprint density at radius 2 is 1.27 bits per heavy atom. The Morgan fingerprint density at radius 3 is 1.95 bits per heavy atom. The molecule has 0 fully saturated rings. The van der Waals surface area contributed by atoms with Crippen molar-refractivity contribution in [3.63, 3.8) is 0 Å². The fraction of sp³-hybridized carbons (Fsp3) is 0.636. The second kappa shape index (κ2) is 13.6. The summed E-state index contributed by atoms with van der Waals surface area (Å²) in [7, 11) is 0. The van der Waals surface area contributed by atoms with E-state index in [4.69, 9.17) is 0 Å². The number of allylic oxidation sites excluding steroid dienone is 1. The summed E-state index contributed by atoms with van der Waals surface area (Å²) < 4.78 is 0. The van der Waals surface area contributed by atoms with Gasteiger partial charge in [-0.15, -0.1) is 0 Å². The topological polar surface area (TPSA) is 0 Å². The molecule has 0 aliphatic heterocycles. The lowest BCUT2D eigenvalue weighted by Crippen LogP contribution is -1.86. The van der Waals surface area contributed by atoms with Gasteiger partial charge in [0.15, 0.2) is 0 Å². The van der Waals surface area contributed by atoms with E-state index in [-0.39, 0.29) is 0 Å². The Balaban J connectivity index is 2.15. The minimum Gasteiger partial charge on any atom is -0.0839 e. The summed E-state index contributed by atoms with van der Waals surface area (Å²) in [5.74, 6) is 0. The third-order valence-corrected chi connectivity index (χ3v) is 4.33. The van der Waals surface area contributed by atoms with E-state index in [0.29, 0.717) is 0 Å². The molecule has 0 amide bonds. The van der Waals surface area contributed by atoms with Crippen LogP contribution < -0.4 is 0 Å². The molecule has 22 heavy (non-hydrogen) atoms. The molecule has 0 heterocycles. The lowest BCUT2D eigenvalue weighted by Gasteiger charge is -2.03. The van der Waals surface area contributed by atoms with Crippen LogP contribution in [0.5, 0.6) is 0 Å². The van der Waals surface area contributed by atoms with Crippen molar-refractivity contribution >= 4 is 6.08 Å². The fourth-order valence-corrected chi connectivity index (χ4v) is 2.81. The smallest absolute Gasteiger partial charge is 0.0260 e. The molecule has 0 unspecified atom stereocenters. The predicted molar refractivity (Wildman–Crippen MR) is 101 cm³/mol. The van der Waals surface area contributed by atoms with E-state index in [1.54, 1.807) is 0 Å². The minimum atomic E-state index is 1.22. The zero-order valence-electron chi connectivity index (χ0n) is 14.9. The average Bonchev–Trinajstić information content (AvgIpc) is 2.55. The number of aryl methyl sites for hydroxylation is 1. The number of hydrogen-bond acceptors (Lipinski definition) is 0. The summed E-state index contributed by atoms with van der Waals surface area (Å²) in [5.41, 5.74) is 2.85. The standard InChI is InChI=1S/C22H36/c1-3-5-7-9-11-13-15-21-17-19-22(20-18-21)16-14-12-10-8-6-4-2/h13,15,17-20H,3-12,14,16H2,1-2H3. The van der Waals surface area contributed by atoms with Crippen LogP contribution in [0.2, 0.25) is 0 Å². The summed E-state index contributed by atoms with van der Waals surface area (Å²) in [6.07, 6.45) is 20.8. The molecule has 0 spiro atoms. The van der Waals surface area contributed by atoms with E-state index in [9.17, 15) is 0 Å². The normalized spacial score (nSPS) is 11.4. The maximum atomic E-state index is 2.33. The van der Waals surface area contributed by atoms with Crippen LogP contribution in [-0.4, -0.2) is 0 Å². The van der Waals surface area contributed by atoms with Gasteiger partial charge in [0, 0.05) is 0 Å². The highest BCUT2D eigenvalue weighted by molar-refractivity contribution is 5.49. The summed E-state index contributed by atoms with van der Waals surface area (Å²) in [5, 5.41) is 0. The lowest BCUT2D eigenvalue weighted by molar-refractivity contribution is 0.607. The van der Waals surface area contributed by atoms with E-state index in [0.717, 1.165) is 0 Å². The summed E-state index contributed by atoms with van der Waals surface area (Å²) in [6, 6.07) is 9.16. The molecule has 0 radical (unpaired) electrons.